The lowest BCUT2D eigenvalue weighted by Crippen LogP contribution is -2.55. The molecule has 0 aliphatic rings. The first kappa shape index (κ1) is 15.7. The van der Waals surface area contributed by atoms with E-state index in [4.69, 9.17) is 29.6 Å². The molecule has 0 spiro atoms. The standard InChI is InChI=1S/C13H17ClN2O2S/c1-3-13(4-2,12(15)19)16-11(18)8-5-6-10(17)9(14)7-8/h5-7,17H,3-4H2,1-2H3,(H2,15,19)(H,16,18). The number of amides is 1. The van der Waals surface area contributed by atoms with Gasteiger partial charge in [0.2, 0.25) is 0 Å². The maximum Gasteiger partial charge on any atom is 0.252 e. The molecule has 6 heteroatoms. The molecular weight excluding hydrogens is 284 g/mol. The van der Waals surface area contributed by atoms with Crippen LogP contribution in [0.5, 0.6) is 5.75 Å². The van der Waals surface area contributed by atoms with Gasteiger partial charge in [0.05, 0.1) is 15.6 Å². The summed E-state index contributed by atoms with van der Waals surface area (Å²) < 4.78 is 0. The van der Waals surface area contributed by atoms with Gasteiger partial charge >= 0.3 is 0 Å². The number of benzene rings is 1. The Morgan fingerprint density at radius 2 is 2.05 bits per heavy atom. The third-order valence-electron chi connectivity index (χ3n) is 3.24. The fourth-order valence-corrected chi connectivity index (χ4v) is 2.29. The van der Waals surface area contributed by atoms with Gasteiger partial charge < -0.3 is 16.2 Å². The minimum atomic E-state index is -0.698. The lowest BCUT2D eigenvalue weighted by atomic mass is 9.92. The van der Waals surface area contributed by atoms with Crippen molar-refractivity contribution in [3.63, 3.8) is 0 Å². The Hall–Kier alpha value is -1.33. The average Bonchev–Trinajstić information content (AvgIpc) is 2.38. The van der Waals surface area contributed by atoms with Gasteiger partial charge in [0, 0.05) is 5.56 Å². The molecule has 0 aliphatic carbocycles. The molecule has 4 nitrogen and oxygen atoms in total. The molecule has 0 bridgehead atoms. The summed E-state index contributed by atoms with van der Waals surface area (Å²) in [5.74, 6) is -0.386. The van der Waals surface area contributed by atoms with E-state index in [2.05, 4.69) is 5.32 Å². The number of aromatic hydroxyl groups is 1. The quantitative estimate of drug-likeness (QED) is 0.731. The Morgan fingerprint density at radius 3 is 2.47 bits per heavy atom. The second-order valence-electron chi connectivity index (χ2n) is 4.27. The van der Waals surface area contributed by atoms with Crippen LogP contribution in [-0.2, 0) is 0 Å². The fraction of sp³-hybridized carbons (Fsp3) is 0.385. The molecule has 4 N–H and O–H groups in total. The Kier molecular flexibility index (Phi) is 5.14. The molecule has 0 unspecified atom stereocenters. The first-order chi connectivity index (χ1) is 8.86. The summed E-state index contributed by atoms with van der Waals surface area (Å²) in [6, 6.07) is 4.27. The fourth-order valence-electron chi connectivity index (χ4n) is 1.77. The van der Waals surface area contributed by atoms with E-state index in [0.717, 1.165) is 0 Å². The minimum absolute atomic E-state index is 0.0650. The Bertz CT molecular complexity index is 501. The summed E-state index contributed by atoms with van der Waals surface area (Å²) in [7, 11) is 0. The predicted molar refractivity (Wildman–Crippen MR) is 80.7 cm³/mol. The molecule has 0 radical (unpaired) electrons. The van der Waals surface area contributed by atoms with Crippen molar-refractivity contribution in [1.82, 2.24) is 5.32 Å². The molecule has 0 aliphatic heterocycles. The van der Waals surface area contributed by atoms with Gasteiger partial charge in [0.1, 0.15) is 5.75 Å². The zero-order valence-electron chi connectivity index (χ0n) is 10.9. The number of thiocarbonyl (C=S) groups is 1. The molecule has 0 saturated heterocycles. The van der Waals surface area contributed by atoms with E-state index < -0.39 is 5.54 Å². The Labute approximate surface area is 122 Å². The van der Waals surface area contributed by atoms with Crippen LogP contribution in [0.25, 0.3) is 0 Å². The van der Waals surface area contributed by atoms with Crippen LogP contribution >= 0.6 is 23.8 Å². The maximum absolute atomic E-state index is 12.2. The second-order valence-corrected chi connectivity index (χ2v) is 5.12. The van der Waals surface area contributed by atoms with Crippen LogP contribution in [0, 0.1) is 0 Å². The highest BCUT2D eigenvalue weighted by Gasteiger charge is 2.31. The van der Waals surface area contributed by atoms with Gasteiger partial charge in [-0.15, -0.1) is 0 Å². The third-order valence-corrected chi connectivity index (χ3v) is 3.93. The number of phenols is 1. The first-order valence-corrected chi connectivity index (χ1v) is 6.76. The van der Waals surface area contributed by atoms with Crippen LogP contribution in [0.2, 0.25) is 5.02 Å². The lowest BCUT2D eigenvalue weighted by molar-refractivity contribution is 0.0920. The van der Waals surface area contributed by atoms with Crippen LogP contribution in [0.4, 0.5) is 0 Å². The largest absolute Gasteiger partial charge is 0.506 e. The number of carbonyl (C=O) groups excluding carboxylic acids is 1. The average molecular weight is 301 g/mol. The smallest absolute Gasteiger partial charge is 0.252 e. The maximum atomic E-state index is 12.2. The van der Waals surface area contributed by atoms with Crippen LogP contribution in [0.3, 0.4) is 0 Å². The molecule has 0 saturated carbocycles. The summed E-state index contributed by atoms with van der Waals surface area (Å²) in [6.07, 6.45) is 1.22. The normalized spacial score (nSPS) is 11.1. The van der Waals surface area contributed by atoms with Gasteiger partial charge in [-0.25, -0.2) is 0 Å². The first-order valence-electron chi connectivity index (χ1n) is 5.97. The Balaban J connectivity index is 3.00. The number of phenolic OH excluding ortho intramolecular Hbond substituents is 1. The highest BCUT2D eigenvalue weighted by Crippen LogP contribution is 2.24. The van der Waals surface area contributed by atoms with Crippen LogP contribution in [0.15, 0.2) is 18.2 Å². The lowest BCUT2D eigenvalue weighted by Gasteiger charge is -2.31. The topological polar surface area (TPSA) is 75.3 Å². The van der Waals surface area contributed by atoms with Crippen molar-refractivity contribution in [3.8, 4) is 5.75 Å². The van der Waals surface area contributed by atoms with E-state index in [9.17, 15) is 9.90 Å². The van der Waals surface area contributed by atoms with Crippen molar-refractivity contribution in [2.45, 2.75) is 32.2 Å². The number of nitrogens with one attached hydrogen (secondary N) is 1. The molecule has 104 valence electrons. The minimum Gasteiger partial charge on any atom is -0.506 e. The predicted octanol–water partition coefficient (Wildman–Crippen LogP) is 2.62. The number of halogens is 1. The van der Waals surface area contributed by atoms with E-state index in [1.165, 1.54) is 18.2 Å². The summed E-state index contributed by atoms with van der Waals surface area (Å²) in [6.45, 7) is 3.82. The summed E-state index contributed by atoms with van der Waals surface area (Å²) in [5.41, 5.74) is 5.38. The monoisotopic (exact) mass is 300 g/mol. The second kappa shape index (κ2) is 6.21. The summed E-state index contributed by atoms with van der Waals surface area (Å²) in [5, 5.41) is 12.3. The van der Waals surface area contributed by atoms with E-state index in [-0.39, 0.29) is 21.7 Å². The molecule has 19 heavy (non-hydrogen) atoms. The Morgan fingerprint density at radius 1 is 1.47 bits per heavy atom. The van der Waals surface area contributed by atoms with Gasteiger partial charge in [0.25, 0.3) is 5.91 Å². The van der Waals surface area contributed by atoms with Crippen LogP contribution in [-0.4, -0.2) is 21.5 Å². The zero-order chi connectivity index (χ0) is 14.6. The van der Waals surface area contributed by atoms with Crippen molar-refractivity contribution >= 4 is 34.7 Å². The highest BCUT2D eigenvalue weighted by molar-refractivity contribution is 7.80. The van der Waals surface area contributed by atoms with E-state index >= 15 is 0 Å². The van der Waals surface area contributed by atoms with E-state index in [1.807, 2.05) is 13.8 Å². The van der Waals surface area contributed by atoms with Crippen LogP contribution in [0.1, 0.15) is 37.0 Å². The molecule has 1 amide bonds. The molecule has 1 aromatic carbocycles. The van der Waals surface area contributed by atoms with Crippen molar-refractivity contribution in [2.24, 2.45) is 5.73 Å². The van der Waals surface area contributed by atoms with E-state index in [1.54, 1.807) is 0 Å². The number of rotatable bonds is 5. The van der Waals surface area contributed by atoms with Gasteiger partial charge in [-0.1, -0.05) is 37.7 Å². The number of carbonyl (C=O) groups is 1. The molecule has 0 aromatic heterocycles. The summed E-state index contributed by atoms with van der Waals surface area (Å²) >= 11 is 10.8. The SMILES string of the molecule is CCC(CC)(NC(=O)c1ccc(O)c(Cl)c1)C(N)=S. The summed E-state index contributed by atoms with van der Waals surface area (Å²) in [4.78, 5) is 12.4. The molecule has 1 rings (SSSR count). The number of nitrogens with two attached hydrogens (primary N) is 1. The molecular formula is C13H17ClN2O2S. The van der Waals surface area contributed by atoms with Crippen molar-refractivity contribution in [3.05, 3.63) is 28.8 Å². The van der Waals surface area contributed by atoms with E-state index in [0.29, 0.717) is 18.4 Å². The molecule has 0 heterocycles. The van der Waals surface area contributed by atoms with Crippen molar-refractivity contribution < 1.29 is 9.90 Å². The van der Waals surface area contributed by atoms with Crippen LogP contribution < -0.4 is 11.1 Å². The van der Waals surface area contributed by atoms with Gasteiger partial charge in [-0.2, -0.15) is 0 Å². The van der Waals surface area contributed by atoms with Gasteiger partial charge in [-0.3, -0.25) is 4.79 Å². The van der Waals surface area contributed by atoms with Crippen molar-refractivity contribution in [1.29, 1.82) is 0 Å². The molecule has 0 fully saturated rings. The van der Waals surface area contributed by atoms with Crippen molar-refractivity contribution in [2.75, 3.05) is 0 Å². The number of hydrogen-bond acceptors (Lipinski definition) is 3. The highest BCUT2D eigenvalue weighted by atomic mass is 35.5. The molecule has 1 aromatic rings. The van der Waals surface area contributed by atoms with Gasteiger partial charge in [-0.05, 0) is 31.0 Å². The molecule has 0 atom stereocenters. The van der Waals surface area contributed by atoms with Gasteiger partial charge in [0.15, 0.2) is 0 Å². The zero-order valence-corrected chi connectivity index (χ0v) is 12.4. The third kappa shape index (κ3) is 3.36. The number of hydrogen-bond donors (Lipinski definition) is 3.